The van der Waals surface area contributed by atoms with Crippen LogP contribution in [0, 0.1) is 11.8 Å². The van der Waals surface area contributed by atoms with Crippen LogP contribution < -0.4 is 0 Å². The highest BCUT2D eigenvalue weighted by molar-refractivity contribution is 5.84. The molecule has 0 saturated carbocycles. The zero-order valence-corrected chi connectivity index (χ0v) is 8.93. The molecule has 0 fully saturated rings. The molecule has 0 aromatic heterocycles. The molecular formula is C13H18O2. The van der Waals surface area contributed by atoms with E-state index in [1.54, 1.807) is 0 Å². The highest BCUT2D eigenvalue weighted by Gasteiger charge is 2.31. The topological polar surface area (TPSA) is 37.3 Å². The van der Waals surface area contributed by atoms with Gasteiger partial charge in [0.1, 0.15) is 5.78 Å². The standard InChI is InChI=1S/C13H18O2/c14-12-9-5-4-8-11(12)13(15)10-6-2-1-3-7-10/h1-2,4-5,10-12,14H,3,6-9H2. The number of carbonyl (C=O) groups excluding carboxylic acids is 1. The lowest BCUT2D eigenvalue weighted by Crippen LogP contribution is -2.34. The van der Waals surface area contributed by atoms with E-state index in [0.29, 0.717) is 6.42 Å². The Balaban J connectivity index is 2.00. The lowest BCUT2D eigenvalue weighted by molar-refractivity contribution is -0.130. The molecule has 82 valence electrons. The van der Waals surface area contributed by atoms with Crippen LogP contribution in [-0.2, 0) is 4.79 Å². The van der Waals surface area contributed by atoms with E-state index in [9.17, 15) is 9.90 Å². The van der Waals surface area contributed by atoms with E-state index in [-0.39, 0.29) is 17.6 Å². The van der Waals surface area contributed by atoms with E-state index in [1.165, 1.54) is 0 Å². The number of ketones is 1. The van der Waals surface area contributed by atoms with Crippen molar-refractivity contribution in [1.29, 1.82) is 0 Å². The Kier molecular flexibility index (Phi) is 3.37. The second-order valence-corrected chi connectivity index (χ2v) is 4.50. The van der Waals surface area contributed by atoms with E-state index in [4.69, 9.17) is 0 Å². The minimum Gasteiger partial charge on any atom is -0.392 e. The molecule has 0 radical (unpaired) electrons. The summed E-state index contributed by atoms with van der Waals surface area (Å²) in [5.74, 6) is 0.281. The second kappa shape index (κ2) is 4.75. The van der Waals surface area contributed by atoms with Gasteiger partial charge in [-0.05, 0) is 32.1 Å². The lowest BCUT2D eigenvalue weighted by atomic mass is 9.78. The summed E-state index contributed by atoms with van der Waals surface area (Å²) < 4.78 is 0. The third-order valence-corrected chi connectivity index (χ3v) is 3.44. The van der Waals surface area contributed by atoms with Gasteiger partial charge in [-0.2, -0.15) is 0 Å². The van der Waals surface area contributed by atoms with E-state index < -0.39 is 6.10 Å². The smallest absolute Gasteiger partial charge is 0.142 e. The Morgan fingerprint density at radius 3 is 2.47 bits per heavy atom. The molecule has 3 atom stereocenters. The van der Waals surface area contributed by atoms with Crippen LogP contribution in [-0.4, -0.2) is 17.0 Å². The van der Waals surface area contributed by atoms with Crippen molar-refractivity contribution >= 4 is 5.78 Å². The average Bonchev–Trinajstić information content (AvgIpc) is 2.30. The maximum absolute atomic E-state index is 12.1. The van der Waals surface area contributed by atoms with Gasteiger partial charge < -0.3 is 5.11 Å². The Hall–Kier alpha value is -0.890. The third-order valence-electron chi connectivity index (χ3n) is 3.44. The molecule has 0 saturated heterocycles. The van der Waals surface area contributed by atoms with Crippen LogP contribution in [0.15, 0.2) is 24.3 Å². The molecule has 15 heavy (non-hydrogen) atoms. The van der Waals surface area contributed by atoms with Crippen LogP contribution in [0.25, 0.3) is 0 Å². The average molecular weight is 206 g/mol. The first kappa shape index (κ1) is 10.6. The number of allylic oxidation sites excluding steroid dienone is 3. The highest BCUT2D eigenvalue weighted by atomic mass is 16.3. The van der Waals surface area contributed by atoms with Crippen molar-refractivity contribution in [3.8, 4) is 0 Å². The molecule has 0 spiro atoms. The third kappa shape index (κ3) is 2.37. The zero-order chi connectivity index (χ0) is 10.7. The first-order valence-corrected chi connectivity index (χ1v) is 5.81. The van der Waals surface area contributed by atoms with Crippen LogP contribution >= 0.6 is 0 Å². The molecule has 0 heterocycles. The highest BCUT2D eigenvalue weighted by Crippen LogP contribution is 2.28. The van der Waals surface area contributed by atoms with E-state index in [1.807, 2.05) is 12.2 Å². The van der Waals surface area contributed by atoms with E-state index in [2.05, 4.69) is 12.2 Å². The first-order chi connectivity index (χ1) is 7.29. The number of aliphatic hydroxyl groups is 1. The monoisotopic (exact) mass is 206 g/mol. The summed E-state index contributed by atoms with van der Waals surface area (Å²) in [5.41, 5.74) is 0. The van der Waals surface area contributed by atoms with Gasteiger partial charge in [0.15, 0.2) is 0 Å². The van der Waals surface area contributed by atoms with Crippen LogP contribution in [0.2, 0.25) is 0 Å². The second-order valence-electron chi connectivity index (χ2n) is 4.50. The maximum Gasteiger partial charge on any atom is 0.142 e. The molecule has 0 aromatic rings. The van der Waals surface area contributed by atoms with Crippen molar-refractivity contribution in [1.82, 2.24) is 0 Å². The fourth-order valence-corrected chi connectivity index (χ4v) is 2.46. The van der Waals surface area contributed by atoms with Crippen molar-refractivity contribution in [3.63, 3.8) is 0 Å². The van der Waals surface area contributed by atoms with Crippen molar-refractivity contribution in [2.45, 2.75) is 38.2 Å². The van der Waals surface area contributed by atoms with E-state index >= 15 is 0 Å². The number of carbonyl (C=O) groups is 1. The van der Waals surface area contributed by atoms with Gasteiger partial charge in [-0.25, -0.2) is 0 Å². The van der Waals surface area contributed by atoms with Crippen molar-refractivity contribution in [2.75, 3.05) is 0 Å². The quantitative estimate of drug-likeness (QED) is 0.703. The molecule has 0 bridgehead atoms. The van der Waals surface area contributed by atoms with Gasteiger partial charge in [-0.15, -0.1) is 0 Å². The molecule has 2 aliphatic carbocycles. The van der Waals surface area contributed by atoms with Crippen LogP contribution in [0.5, 0.6) is 0 Å². The normalized spacial score (nSPS) is 35.4. The molecule has 2 heteroatoms. The van der Waals surface area contributed by atoms with Crippen LogP contribution in [0.1, 0.15) is 32.1 Å². The molecule has 2 aliphatic rings. The maximum atomic E-state index is 12.1. The first-order valence-electron chi connectivity index (χ1n) is 5.81. The fraction of sp³-hybridized carbons (Fsp3) is 0.615. The number of hydrogen-bond donors (Lipinski definition) is 1. The molecule has 1 N–H and O–H groups in total. The number of hydrogen-bond acceptors (Lipinski definition) is 2. The van der Waals surface area contributed by atoms with Crippen LogP contribution in [0.3, 0.4) is 0 Å². The van der Waals surface area contributed by atoms with Gasteiger partial charge in [0, 0.05) is 11.8 Å². The van der Waals surface area contributed by atoms with Gasteiger partial charge >= 0.3 is 0 Å². The Morgan fingerprint density at radius 2 is 1.80 bits per heavy atom. The Morgan fingerprint density at radius 1 is 1.07 bits per heavy atom. The largest absolute Gasteiger partial charge is 0.392 e. The summed E-state index contributed by atoms with van der Waals surface area (Å²) in [6.45, 7) is 0. The summed E-state index contributed by atoms with van der Waals surface area (Å²) >= 11 is 0. The summed E-state index contributed by atoms with van der Waals surface area (Å²) in [4.78, 5) is 12.1. The molecule has 2 nitrogen and oxygen atoms in total. The van der Waals surface area contributed by atoms with Crippen molar-refractivity contribution in [2.24, 2.45) is 11.8 Å². The molecular weight excluding hydrogens is 188 g/mol. The fourth-order valence-electron chi connectivity index (χ4n) is 2.46. The van der Waals surface area contributed by atoms with Gasteiger partial charge in [0.25, 0.3) is 0 Å². The number of Topliss-reactive ketones (excluding diaryl/α,β-unsaturated/α-hetero) is 1. The molecule has 2 rings (SSSR count). The summed E-state index contributed by atoms with van der Waals surface area (Å²) in [5, 5.41) is 9.78. The van der Waals surface area contributed by atoms with E-state index in [0.717, 1.165) is 25.7 Å². The Bertz CT molecular complexity index is 291. The predicted octanol–water partition coefficient (Wildman–Crippen LogP) is 2.24. The number of aliphatic hydroxyl groups excluding tert-OH is 1. The summed E-state index contributed by atoms with van der Waals surface area (Å²) in [6.07, 6.45) is 12.0. The zero-order valence-electron chi connectivity index (χ0n) is 8.93. The molecule has 0 amide bonds. The Labute approximate surface area is 90.7 Å². The van der Waals surface area contributed by atoms with Gasteiger partial charge in [-0.1, -0.05) is 24.3 Å². The van der Waals surface area contributed by atoms with Gasteiger partial charge in [0.05, 0.1) is 6.10 Å². The predicted molar refractivity (Wildman–Crippen MR) is 59.4 cm³/mol. The lowest BCUT2D eigenvalue weighted by Gasteiger charge is -2.27. The van der Waals surface area contributed by atoms with Crippen molar-refractivity contribution < 1.29 is 9.90 Å². The molecule has 3 unspecified atom stereocenters. The molecule has 0 aromatic carbocycles. The van der Waals surface area contributed by atoms with Crippen LogP contribution in [0.4, 0.5) is 0 Å². The molecule has 0 aliphatic heterocycles. The van der Waals surface area contributed by atoms with Crippen molar-refractivity contribution in [3.05, 3.63) is 24.3 Å². The van der Waals surface area contributed by atoms with Gasteiger partial charge in [-0.3, -0.25) is 4.79 Å². The SMILES string of the molecule is O=C(C1CC=CCC1)C1CC=CCC1O. The minimum atomic E-state index is -0.451. The number of rotatable bonds is 2. The minimum absolute atomic E-state index is 0.147. The summed E-state index contributed by atoms with van der Waals surface area (Å²) in [7, 11) is 0. The van der Waals surface area contributed by atoms with Gasteiger partial charge in [0.2, 0.25) is 0 Å². The summed E-state index contributed by atoms with van der Waals surface area (Å²) in [6, 6.07) is 0.